The summed E-state index contributed by atoms with van der Waals surface area (Å²) >= 11 is 0. The number of esters is 1. The fraction of sp³-hybridized carbons (Fsp3) is 0.130. The summed E-state index contributed by atoms with van der Waals surface area (Å²) in [6, 6.07) is 15.4. The highest BCUT2D eigenvalue weighted by molar-refractivity contribution is 5.85. The standard InChI is InChI=1S/C23H16O7/c1-13-8-9-14-18(11-13)29-21(17-7-4-10-26-17)22(20(14)24)30-23(25)19-12-27-15-5-2-3-6-16(15)28-19/h2-11,19H,12H2,1H3/t19-/m0/s1. The molecule has 0 bridgehead atoms. The van der Waals surface area contributed by atoms with E-state index < -0.39 is 17.5 Å². The molecule has 0 N–H and O–H groups in total. The Morgan fingerprint density at radius 3 is 2.70 bits per heavy atom. The first-order valence-corrected chi connectivity index (χ1v) is 9.31. The Labute approximate surface area is 170 Å². The molecule has 7 nitrogen and oxygen atoms in total. The van der Waals surface area contributed by atoms with Gasteiger partial charge in [-0.3, -0.25) is 4.79 Å². The van der Waals surface area contributed by atoms with Crippen molar-refractivity contribution in [3.8, 4) is 28.8 Å². The Balaban J connectivity index is 1.54. The topological polar surface area (TPSA) is 88.1 Å². The maximum atomic E-state index is 13.1. The van der Waals surface area contributed by atoms with Gasteiger partial charge in [0.25, 0.3) is 0 Å². The molecule has 0 amide bonds. The molecular weight excluding hydrogens is 388 g/mol. The molecular formula is C23H16O7. The zero-order valence-electron chi connectivity index (χ0n) is 15.9. The molecule has 0 aliphatic carbocycles. The minimum atomic E-state index is -1.03. The maximum Gasteiger partial charge on any atom is 0.356 e. The van der Waals surface area contributed by atoms with Gasteiger partial charge in [-0.15, -0.1) is 0 Å². The Kier molecular flexibility index (Phi) is 4.28. The number of ether oxygens (including phenoxy) is 3. The monoisotopic (exact) mass is 404 g/mol. The predicted octanol–water partition coefficient (Wildman–Crippen LogP) is 4.11. The summed E-state index contributed by atoms with van der Waals surface area (Å²) in [6.45, 7) is 1.85. The van der Waals surface area contributed by atoms with Crippen LogP contribution in [0, 0.1) is 6.92 Å². The van der Waals surface area contributed by atoms with Crippen LogP contribution in [-0.4, -0.2) is 18.7 Å². The lowest BCUT2D eigenvalue weighted by molar-refractivity contribution is -0.144. The number of fused-ring (bicyclic) bond motifs is 2. The first-order valence-electron chi connectivity index (χ1n) is 9.31. The summed E-state index contributed by atoms with van der Waals surface area (Å²) in [6.07, 6.45) is 0.411. The molecule has 30 heavy (non-hydrogen) atoms. The molecule has 3 heterocycles. The van der Waals surface area contributed by atoms with E-state index >= 15 is 0 Å². The molecule has 5 rings (SSSR count). The molecule has 0 spiro atoms. The molecule has 0 saturated carbocycles. The normalized spacial score (nSPS) is 15.2. The van der Waals surface area contributed by atoms with Gasteiger partial charge in [-0.05, 0) is 48.9 Å². The van der Waals surface area contributed by atoms with E-state index in [-0.39, 0.29) is 23.9 Å². The van der Waals surface area contributed by atoms with Crippen molar-refractivity contribution in [1.29, 1.82) is 0 Å². The number of aryl methyl sites for hydroxylation is 1. The van der Waals surface area contributed by atoms with Crippen LogP contribution >= 0.6 is 0 Å². The number of para-hydroxylation sites is 2. The van der Waals surface area contributed by atoms with Crippen LogP contribution in [0.4, 0.5) is 0 Å². The molecule has 0 saturated heterocycles. The fourth-order valence-corrected chi connectivity index (χ4v) is 3.25. The Morgan fingerprint density at radius 1 is 1.07 bits per heavy atom. The third-order valence-corrected chi connectivity index (χ3v) is 4.73. The Bertz CT molecular complexity index is 1300. The summed E-state index contributed by atoms with van der Waals surface area (Å²) in [5, 5.41) is 0.296. The lowest BCUT2D eigenvalue weighted by Gasteiger charge is -2.24. The van der Waals surface area contributed by atoms with Gasteiger partial charge in [-0.25, -0.2) is 4.79 Å². The van der Waals surface area contributed by atoms with Crippen molar-refractivity contribution in [2.45, 2.75) is 13.0 Å². The van der Waals surface area contributed by atoms with Crippen LogP contribution in [0.15, 0.2) is 74.5 Å². The van der Waals surface area contributed by atoms with Gasteiger partial charge in [-0.2, -0.15) is 0 Å². The molecule has 4 aromatic rings. The second kappa shape index (κ2) is 7.11. The van der Waals surface area contributed by atoms with Crippen LogP contribution in [0.3, 0.4) is 0 Å². The van der Waals surface area contributed by atoms with Gasteiger partial charge in [0.2, 0.25) is 23.0 Å². The number of furan rings is 1. The summed E-state index contributed by atoms with van der Waals surface area (Å²) in [4.78, 5) is 25.9. The van der Waals surface area contributed by atoms with E-state index in [0.717, 1.165) is 5.56 Å². The van der Waals surface area contributed by atoms with E-state index in [9.17, 15) is 9.59 Å². The molecule has 7 heteroatoms. The zero-order chi connectivity index (χ0) is 20.7. The van der Waals surface area contributed by atoms with Gasteiger partial charge in [0, 0.05) is 0 Å². The molecule has 2 aromatic carbocycles. The quantitative estimate of drug-likeness (QED) is 0.475. The lowest BCUT2D eigenvalue weighted by Crippen LogP contribution is -2.40. The first-order chi connectivity index (χ1) is 14.6. The van der Waals surface area contributed by atoms with E-state index in [1.54, 1.807) is 54.6 Å². The van der Waals surface area contributed by atoms with Crippen molar-refractivity contribution in [2.24, 2.45) is 0 Å². The average Bonchev–Trinajstić information content (AvgIpc) is 3.29. The third kappa shape index (κ3) is 3.10. The second-order valence-electron chi connectivity index (χ2n) is 6.85. The van der Waals surface area contributed by atoms with Gasteiger partial charge in [0.05, 0.1) is 11.6 Å². The minimum Gasteiger partial charge on any atom is -0.485 e. The molecule has 0 unspecified atom stereocenters. The molecule has 0 fully saturated rings. The number of carbonyl (C=O) groups is 1. The van der Waals surface area contributed by atoms with Crippen LogP contribution in [-0.2, 0) is 4.79 Å². The fourth-order valence-electron chi connectivity index (χ4n) is 3.25. The SMILES string of the molecule is Cc1ccc2c(=O)c(OC(=O)[C@@H]3COc4ccccc4O3)c(-c3ccco3)oc2c1. The van der Waals surface area contributed by atoms with E-state index in [1.165, 1.54) is 6.26 Å². The third-order valence-electron chi connectivity index (χ3n) is 4.73. The largest absolute Gasteiger partial charge is 0.485 e. The smallest absolute Gasteiger partial charge is 0.356 e. The lowest BCUT2D eigenvalue weighted by atomic mass is 10.1. The van der Waals surface area contributed by atoms with Gasteiger partial charge < -0.3 is 23.0 Å². The summed E-state index contributed by atoms with van der Waals surface area (Å²) in [5.41, 5.74) is 0.817. The van der Waals surface area contributed by atoms with Crippen LogP contribution in [0.25, 0.3) is 22.5 Å². The summed E-state index contributed by atoms with van der Waals surface area (Å²) in [7, 11) is 0. The number of hydrogen-bond donors (Lipinski definition) is 0. The highest BCUT2D eigenvalue weighted by Gasteiger charge is 2.31. The van der Waals surface area contributed by atoms with Crippen molar-refractivity contribution >= 4 is 16.9 Å². The highest BCUT2D eigenvalue weighted by atomic mass is 16.6. The van der Waals surface area contributed by atoms with Gasteiger partial charge >= 0.3 is 5.97 Å². The summed E-state index contributed by atoms with van der Waals surface area (Å²) in [5.74, 6) is 0.249. The number of hydrogen-bond acceptors (Lipinski definition) is 7. The molecule has 2 aromatic heterocycles. The molecule has 150 valence electrons. The molecule has 0 radical (unpaired) electrons. The number of carbonyl (C=O) groups excluding carboxylic acids is 1. The van der Waals surface area contributed by atoms with E-state index in [1.807, 2.05) is 6.92 Å². The van der Waals surface area contributed by atoms with Crippen molar-refractivity contribution in [1.82, 2.24) is 0 Å². The van der Waals surface area contributed by atoms with Gasteiger partial charge in [0.1, 0.15) is 12.2 Å². The van der Waals surface area contributed by atoms with Crippen LogP contribution < -0.4 is 19.6 Å². The maximum absolute atomic E-state index is 13.1. The van der Waals surface area contributed by atoms with E-state index in [2.05, 4.69) is 0 Å². The van der Waals surface area contributed by atoms with Crippen molar-refractivity contribution < 1.29 is 27.8 Å². The van der Waals surface area contributed by atoms with Crippen molar-refractivity contribution in [3.63, 3.8) is 0 Å². The van der Waals surface area contributed by atoms with Crippen LogP contribution in [0.1, 0.15) is 5.56 Å². The minimum absolute atomic E-state index is 0.0357. The van der Waals surface area contributed by atoms with E-state index in [4.69, 9.17) is 23.0 Å². The predicted molar refractivity (Wildman–Crippen MR) is 107 cm³/mol. The highest BCUT2D eigenvalue weighted by Crippen LogP contribution is 2.34. The Morgan fingerprint density at radius 2 is 1.90 bits per heavy atom. The van der Waals surface area contributed by atoms with Crippen LogP contribution in [0.2, 0.25) is 0 Å². The zero-order valence-corrected chi connectivity index (χ0v) is 15.9. The number of benzene rings is 2. The second-order valence-corrected chi connectivity index (χ2v) is 6.85. The van der Waals surface area contributed by atoms with Crippen molar-refractivity contribution in [3.05, 3.63) is 76.6 Å². The Hall–Kier alpha value is -4.00. The molecule has 1 atom stereocenters. The first kappa shape index (κ1) is 18.1. The molecule has 1 aliphatic heterocycles. The van der Waals surface area contributed by atoms with Crippen LogP contribution in [0.5, 0.6) is 17.2 Å². The van der Waals surface area contributed by atoms with Gasteiger partial charge in [-0.1, -0.05) is 18.2 Å². The average molecular weight is 404 g/mol. The van der Waals surface area contributed by atoms with E-state index in [0.29, 0.717) is 22.5 Å². The van der Waals surface area contributed by atoms with Crippen molar-refractivity contribution in [2.75, 3.05) is 6.61 Å². The van der Waals surface area contributed by atoms with Gasteiger partial charge in [0.15, 0.2) is 17.3 Å². The number of rotatable bonds is 3. The molecule has 1 aliphatic rings. The summed E-state index contributed by atoms with van der Waals surface area (Å²) < 4.78 is 28.0.